The van der Waals surface area contributed by atoms with Crippen molar-refractivity contribution in [2.24, 2.45) is 5.73 Å². The van der Waals surface area contributed by atoms with Crippen LogP contribution in [-0.2, 0) is 9.53 Å². The van der Waals surface area contributed by atoms with Crippen molar-refractivity contribution in [3.8, 4) is 0 Å². The highest BCUT2D eigenvalue weighted by Crippen LogP contribution is 2.26. The highest BCUT2D eigenvalue weighted by atomic mass is 16.5. The van der Waals surface area contributed by atoms with E-state index in [1.54, 1.807) is 0 Å². The normalized spacial score (nSPS) is 12.4. The number of carbonyl (C=O) groups excluding carboxylic acids is 1. The van der Waals surface area contributed by atoms with Crippen molar-refractivity contribution in [3.05, 3.63) is 47.5 Å². The molecular formula is C14H15NO2. The summed E-state index contributed by atoms with van der Waals surface area (Å²) in [6.07, 6.45) is 0. The van der Waals surface area contributed by atoms with Gasteiger partial charge in [0.15, 0.2) is 0 Å². The SMILES string of the molecule is COC(=O)[C@H](N)c1ccc(C)c2ccccc12. The molecule has 88 valence electrons. The number of carbonyl (C=O) groups is 1. The van der Waals surface area contributed by atoms with Crippen LogP contribution >= 0.6 is 0 Å². The van der Waals surface area contributed by atoms with Crippen LogP contribution in [0.3, 0.4) is 0 Å². The molecule has 0 saturated heterocycles. The number of esters is 1. The molecule has 17 heavy (non-hydrogen) atoms. The summed E-state index contributed by atoms with van der Waals surface area (Å²) in [6.45, 7) is 2.04. The van der Waals surface area contributed by atoms with Crippen molar-refractivity contribution >= 4 is 16.7 Å². The van der Waals surface area contributed by atoms with E-state index < -0.39 is 12.0 Å². The summed E-state index contributed by atoms with van der Waals surface area (Å²) < 4.78 is 4.68. The van der Waals surface area contributed by atoms with Crippen LogP contribution in [0.15, 0.2) is 36.4 Å². The molecule has 2 aromatic carbocycles. The minimum atomic E-state index is -0.731. The zero-order chi connectivity index (χ0) is 12.4. The second-order valence-electron chi connectivity index (χ2n) is 4.02. The van der Waals surface area contributed by atoms with Crippen LogP contribution in [0.2, 0.25) is 0 Å². The van der Waals surface area contributed by atoms with Crippen LogP contribution in [0.4, 0.5) is 0 Å². The van der Waals surface area contributed by atoms with Gasteiger partial charge in [0.1, 0.15) is 6.04 Å². The maximum Gasteiger partial charge on any atom is 0.327 e. The van der Waals surface area contributed by atoms with Crippen LogP contribution < -0.4 is 5.73 Å². The fraction of sp³-hybridized carbons (Fsp3) is 0.214. The summed E-state index contributed by atoms with van der Waals surface area (Å²) in [5.41, 5.74) is 7.86. The van der Waals surface area contributed by atoms with Gasteiger partial charge in [0.05, 0.1) is 7.11 Å². The minimum Gasteiger partial charge on any atom is -0.468 e. The van der Waals surface area contributed by atoms with E-state index in [2.05, 4.69) is 4.74 Å². The lowest BCUT2D eigenvalue weighted by molar-refractivity contribution is -0.142. The highest BCUT2D eigenvalue weighted by molar-refractivity contribution is 5.92. The lowest BCUT2D eigenvalue weighted by Crippen LogP contribution is -2.22. The lowest BCUT2D eigenvalue weighted by Gasteiger charge is -2.13. The van der Waals surface area contributed by atoms with Crippen LogP contribution in [0.25, 0.3) is 10.8 Å². The van der Waals surface area contributed by atoms with E-state index in [9.17, 15) is 4.79 Å². The molecule has 0 amide bonds. The molecule has 0 aromatic heterocycles. The van der Waals surface area contributed by atoms with Crippen LogP contribution in [0.1, 0.15) is 17.2 Å². The van der Waals surface area contributed by atoms with Gasteiger partial charge in [-0.05, 0) is 28.8 Å². The van der Waals surface area contributed by atoms with E-state index in [1.807, 2.05) is 43.3 Å². The molecule has 0 aliphatic rings. The average molecular weight is 229 g/mol. The molecule has 2 aromatic rings. The topological polar surface area (TPSA) is 52.3 Å². The summed E-state index contributed by atoms with van der Waals surface area (Å²) in [5.74, 6) is -0.418. The zero-order valence-corrected chi connectivity index (χ0v) is 9.94. The second kappa shape index (κ2) is 4.55. The quantitative estimate of drug-likeness (QED) is 0.804. The summed E-state index contributed by atoms with van der Waals surface area (Å²) in [4.78, 5) is 11.5. The van der Waals surface area contributed by atoms with Gasteiger partial charge in [-0.2, -0.15) is 0 Å². The summed E-state index contributed by atoms with van der Waals surface area (Å²) in [7, 11) is 1.35. The number of hydrogen-bond acceptors (Lipinski definition) is 3. The number of hydrogen-bond donors (Lipinski definition) is 1. The molecule has 1 atom stereocenters. The van der Waals surface area contributed by atoms with Crippen LogP contribution in [0.5, 0.6) is 0 Å². The number of fused-ring (bicyclic) bond motifs is 1. The van der Waals surface area contributed by atoms with E-state index >= 15 is 0 Å². The monoisotopic (exact) mass is 229 g/mol. The minimum absolute atomic E-state index is 0.418. The molecule has 0 aliphatic heterocycles. The summed E-state index contributed by atoms with van der Waals surface area (Å²) in [5, 5.41) is 2.12. The Labute approximate surface area is 100 Å². The van der Waals surface area contributed by atoms with Gasteiger partial charge in [0.2, 0.25) is 0 Å². The second-order valence-corrected chi connectivity index (χ2v) is 4.02. The molecule has 0 saturated carbocycles. The number of ether oxygens (including phenoxy) is 1. The van der Waals surface area contributed by atoms with E-state index in [0.717, 1.165) is 16.3 Å². The molecule has 0 spiro atoms. The lowest BCUT2D eigenvalue weighted by atomic mass is 9.96. The Kier molecular flexibility index (Phi) is 3.11. The Morgan fingerprint density at radius 2 is 1.82 bits per heavy atom. The number of benzene rings is 2. The molecule has 2 rings (SSSR count). The number of nitrogens with two attached hydrogens (primary N) is 1. The van der Waals surface area contributed by atoms with Gasteiger partial charge in [-0.3, -0.25) is 4.79 Å². The maximum absolute atomic E-state index is 11.5. The van der Waals surface area contributed by atoms with Crippen molar-refractivity contribution in [2.75, 3.05) is 7.11 Å². The Morgan fingerprint density at radius 3 is 2.47 bits per heavy atom. The average Bonchev–Trinajstić information content (AvgIpc) is 2.38. The molecule has 3 heteroatoms. The Morgan fingerprint density at radius 1 is 1.18 bits per heavy atom. The molecule has 0 heterocycles. The molecule has 0 fully saturated rings. The Hall–Kier alpha value is -1.87. The van der Waals surface area contributed by atoms with Crippen molar-refractivity contribution in [3.63, 3.8) is 0 Å². The number of aryl methyl sites for hydroxylation is 1. The predicted octanol–water partition coefficient (Wildman–Crippen LogP) is 2.32. The summed E-state index contributed by atoms with van der Waals surface area (Å²) >= 11 is 0. The van der Waals surface area contributed by atoms with Crippen molar-refractivity contribution in [1.82, 2.24) is 0 Å². The van der Waals surface area contributed by atoms with E-state index in [1.165, 1.54) is 12.7 Å². The van der Waals surface area contributed by atoms with Gasteiger partial charge in [0, 0.05) is 0 Å². The number of methoxy groups -OCH3 is 1. The fourth-order valence-corrected chi connectivity index (χ4v) is 2.00. The fourth-order valence-electron chi connectivity index (χ4n) is 2.00. The standard InChI is InChI=1S/C14H15NO2/c1-9-7-8-12(13(15)14(16)17-2)11-6-4-3-5-10(9)11/h3-8,13H,15H2,1-2H3/t13-/m1/s1. The van der Waals surface area contributed by atoms with Gasteiger partial charge in [-0.25, -0.2) is 0 Å². The molecule has 0 aliphatic carbocycles. The van der Waals surface area contributed by atoms with Gasteiger partial charge in [0.25, 0.3) is 0 Å². The van der Waals surface area contributed by atoms with E-state index in [4.69, 9.17) is 5.73 Å². The van der Waals surface area contributed by atoms with Crippen molar-refractivity contribution in [2.45, 2.75) is 13.0 Å². The molecule has 3 nitrogen and oxygen atoms in total. The third-order valence-corrected chi connectivity index (χ3v) is 2.97. The van der Waals surface area contributed by atoms with Crippen molar-refractivity contribution < 1.29 is 9.53 Å². The van der Waals surface area contributed by atoms with Gasteiger partial charge >= 0.3 is 5.97 Å². The van der Waals surface area contributed by atoms with Gasteiger partial charge in [-0.15, -0.1) is 0 Å². The maximum atomic E-state index is 11.5. The van der Waals surface area contributed by atoms with Crippen molar-refractivity contribution in [1.29, 1.82) is 0 Å². The molecule has 0 unspecified atom stereocenters. The van der Waals surface area contributed by atoms with Crippen LogP contribution in [-0.4, -0.2) is 13.1 Å². The van der Waals surface area contributed by atoms with E-state index in [0.29, 0.717) is 0 Å². The largest absolute Gasteiger partial charge is 0.468 e. The first-order valence-corrected chi connectivity index (χ1v) is 5.47. The van der Waals surface area contributed by atoms with Crippen LogP contribution in [0, 0.1) is 6.92 Å². The van der Waals surface area contributed by atoms with E-state index in [-0.39, 0.29) is 0 Å². The highest BCUT2D eigenvalue weighted by Gasteiger charge is 2.18. The third kappa shape index (κ3) is 2.01. The molecule has 0 radical (unpaired) electrons. The number of rotatable bonds is 2. The molecular weight excluding hydrogens is 214 g/mol. The summed E-state index contributed by atoms with van der Waals surface area (Å²) in [6, 6.07) is 11.0. The van der Waals surface area contributed by atoms with Gasteiger partial charge < -0.3 is 10.5 Å². The van der Waals surface area contributed by atoms with Gasteiger partial charge in [-0.1, -0.05) is 36.4 Å². The molecule has 0 bridgehead atoms. The molecule has 2 N–H and O–H groups in total. The first-order chi connectivity index (χ1) is 8.15. The zero-order valence-electron chi connectivity index (χ0n) is 9.94. The first kappa shape index (κ1) is 11.6. The Bertz CT molecular complexity index is 563. The smallest absolute Gasteiger partial charge is 0.327 e. The third-order valence-electron chi connectivity index (χ3n) is 2.97. The predicted molar refractivity (Wildman–Crippen MR) is 67.6 cm³/mol. The Balaban J connectivity index is 2.63. The first-order valence-electron chi connectivity index (χ1n) is 5.47.